The highest BCUT2D eigenvalue weighted by Gasteiger charge is 2.23. The van der Waals surface area contributed by atoms with E-state index in [-0.39, 0.29) is 18.1 Å². The molecule has 31 heavy (non-hydrogen) atoms. The van der Waals surface area contributed by atoms with Crippen molar-refractivity contribution in [2.45, 2.75) is 52.9 Å². The number of amides is 1. The lowest BCUT2D eigenvalue weighted by Crippen LogP contribution is -2.44. The lowest BCUT2D eigenvalue weighted by Gasteiger charge is -2.34. The van der Waals surface area contributed by atoms with Crippen LogP contribution >= 0.6 is 22.7 Å². The van der Waals surface area contributed by atoms with Crippen molar-refractivity contribution in [2.24, 2.45) is 0 Å². The van der Waals surface area contributed by atoms with E-state index in [4.69, 9.17) is 4.74 Å². The van der Waals surface area contributed by atoms with Gasteiger partial charge in [0.25, 0.3) is 0 Å². The summed E-state index contributed by atoms with van der Waals surface area (Å²) >= 11 is 3.05. The number of aromatic nitrogens is 2. The van der Waals surface area contributed by atoms with Gasteiger partial charge >= 0.3 is 0 Å². The van der Waals surface area contributed by atoms with Crippen molar-refractivity contribution in [3.63, 3.8) is 0 Å². The third-order valence-electron chi connectivity index (χ3n) is 5.13. The number of hydrogen-bond donors (Lipinski definition) is 1. The van der Waals surface area contributed by atoms with Crippen molar-refractivity contribution < 1.29 is 9.53 Å². The van der Waals surface area contributed by atoms with Gasteiger partial charge in [0.05, 0.1) is 35.0 Å². The smallest absolute Gasteiger partial charge is 0.231 e. The first-order valence-electron chi connectivity index (χ1n) is 10.5. The van der Waals surface area contributed by atoms with Crippen LogP contribution in [0.3, 0.4) is 0 Å². The van der Waals surface area contributed by atoms with E-state index in [9.17, 15) is 4.79 Å². The summed E-state index contributed by atoms with van der Waals surface area (Å²) in [6.07, 6.45) is 0.751. The van der Waals surface area contributed by atoms with E-state index in [0.29, 0.717) is 11.6 Å². The number of nitrogens with one attached hydrogen (secondary N) is 1. The molecule has 3 aromatic rings. The van der Waals surface area contributed by atoms with E-state index in [0.717, 1.165) is 46.5 Å². The maximum Gasteiger partial charge on any atom is 0.231 e. The Kier molecular flexibility index (Phi) is 6.81. The number of carbonyl (C=O) groups excluding carboxylic acids is 1. The molecule has 0 spiro atoms. The summed E-state index contributed by atoms with van der Waals surface area (Å²) in [5, 5.41) is 6.60. The summed E-state index contributed by atoms with van der Waals surface area (Å²) in [6.45, 7) is 10.8. The van der Waals surface area contributed by atoms with Gasteiger partial charge in [-0.3, -0.25) is 9.69 Å². The van der Waals surface area contributed by atoms with Gasteiger partial charge in [0, 0.05) is 35.5 Å². The molecule has 4 rings (SSSR count). The number of anilines is 1. The van der Waals surface area contributed by atoms with Crippen molar-refractivity contribution in [3.05, 3.63) is 50.8 Å². The second-order valence-electron chi connectivity index (χ2n) is 8.19. The van der Waals surface area contributed by atoms with Crippen LogP contribution in [0.25, 0.3) is 11.3 Å². The van der Waals surface area contributed by atoms with Gasteiger partial charge in [0.2, 0.25) is 5.91 Å². The maximum absolute atomic E-state index is 12.7. The fourth-order valence-electron chi connectivity index (χ4n) is 3.91. The molecule has 2 aromatic heterocycles. The summed E-state index contributed by atoms with van der Waals surface area (Å²) in [5.41, 5.74) is 4.13. The third kappa shape index (κ3) is 5.77. The summed E-state index contributed by atoms with van der Waals surface area (Å²) < 4.78 is 5.80. The molecule has 0 saturated carbocycles. The van der Waals surface area contributed by atoms with Gasteiger partial charge in [-0.2, -0.15) is 0 Å². The second-order valence-corrected chi connectivity index (χ2v) is 10.3. The molecular formula is C23H28N4O2S2. The van der Waals surface area contributed by atoms with Crippen molar-refractivity contribution in [3.8, 4) is 11.3 Å². The molecule has 1 amide bonds. The van der Waals surface area contributed by atoms with Gasteiger partial charge in [-0.1, -0.05) is 29.8 Å². The molecule has 6 nitrogen and oxygen atoms in total. The molecule has 2 unspecified atom stereocenters. The molecular weight excluding hydrogens is 428 g/mol. The Morgan fingerprint density at radius 1 is 1.16 bits per heavy atom. The van der Waals surface area contributed by atoms with Crippen molar-refractivity contribution in [1.29, 1.82) is 0 Å². The third-order valence-corrected chi connectivity index (χ3v) is 6.91. The molecule has 0 aliphatic carbocycles. The van der Waals surface area contributed by atoms with E-state index in [1.54, 1.807) is 11.3 Å². The van der Waals surface area contributed by atoms with Crippen LogP contribution in [-0.2, 0) is 22.5 Å². The first-order valence-corrected chi connectivity index (χ1v) is 12.2. The minimum absolute atomic E-state index is 0.0634. The Labute approximate surface area is 191 Å². The highest BCUT2D eigenvalue weighted by atomic mass is 32.1. The van der Waals surface area contributed by atoms with Crippen molar-refractivity contribution >= 4 is 33.7 Å². The van der Waals surface area contributed by atoms with Crippen molar-refractivity contribution in [2.75, 3.05) is 18.4 Å². The normalized spacial score (nSPS) is 19.5. The Morgan fingerprint density at radius 3 is 2.58 bits per heavy atom. The molecule has 164 valence electrons. The highest BCUT2D eigenvalue weighted by Crippen LogP contribution is 2.29. The zero-order valence-corrected chi connectivity index (χ0v) is 20.0. The van der Waals surface area contributed by atoms with E-state index >= 15 is 0 Å². The van der Waals surface area contributed by atoms with Gasteiger partial charge < -0.3 is 10.1 Å². The zero-order valence-electron chi connectivity index (χ0n) is 18.3. The van der Waals surface area contributed by atoms with Crippen LogP contribution in [0, 0.1) is 13.8 Å². The predicted molar refractivity (Wildman–Crippen MR) is 127 cm³/mol. The number of benzene rings is 1. The van der Waals surface area contributed by atoms with Gasteiger partial charge in [0.1, 0.15) is 0 Å². The first-order chi connectivity index (χ1) is 14.9. The zero-order chi connectivity index (χ0) is 22.0. The van der Waals surface area contributed by atoms with Crippen molar-refractivity contribution in [1.82, 2.24) is 14.9 Å². The largest absolute Gasteiger partial charge is 0.373 e. The summed E-state index contributed by atoms with van der Waals surface area (Å²) in [7, 11) is 0. The minimum Gasteiger partial charge on any atom is -0.373 e. The van der Waals surface area contributed by atoms with Crippen LogP contribution < -0.4 is 5.32 Å². The molecule has 3 heterocycles. The van der Waals surface area contributed by atoms with Crippen LogP contribution in [0.15, 0.2) is 29.6 Å². The maximum atomic E-state index is 12.7. The standard InChI is InChI=1S/C23H28N4O2S2/c1-14-5-7-18(8-6-14)22-20(31-17(4)24-22)9-21(28)26-23-25-19(13-30-23)12-27-10-15(2)29-16(3)11-27/h5-8,13,15-16H,9-12H2,1-4H3,(H,25,26,28). The fraction of sp³-hybridized carbons (Fsp3) is 0.435. The van der Waals surface area contributed by atoms with E-state index in [1.165, 1.54) is 16.9 Å². The monoisotopic (exact) mass is 456 g/mol. The molecule has 1 saturated heterocycles. The van der Waals surface area contributed by atoms with Gasteiger partial charge in [0.15, 0.2) is 5.13 Å². The molecule has 1 aliphatic heterocycles. The Bertz CT molecular complexity index is 1030. The van der Waals surface area contributed by atoms with Gasteiger partial charge in [-0.05, 0) is 27.7 Å². The van der Waals surface area contributed by atoms with Crippen LogP contribution in [0.1, 0.15) is 35.0 Å². The predicted octanol–water partition coefficient (Wildman–Crippen LogP) is 4.67. The highest BCUT2D eigenvalue weighted by molar-refractivity contribution is 7.14. The number of hydrogen-bond acceptors (Lipinski definition) is 7. The number of aryl methyl sites for hydroxylation is 2. The Hall–Kier alpha value is -2.13. The van der Waals surface area contributed by atoms with E-state index in [2.05, 4.69) is 65.2 Å². The van der Waals surface area contributed by atoms with E-state index in [1.807, 2.05) is 12.3 Å². The molecule has 1 aliphatic rings. The fourth-order valence-corrected chi connectivity index (χ4v) is 5.59. The number of nitrogens with zero attached hydrogens (tertiary/aromatic N) is 3. The van der Waals surface area contributed by atoms with Crippen LogP contribution in [-0.4, -0.2) is 46.1 Å². The number of rotatable bonds is 6. The van der Waals surface area contributed by atoms with Gasteiger partial charge in [-0.25, -0.2) is 9.97 Å². The SMILES string of the molecule is Cc1ccc(-c2nc(C)sc2CC(=O)Nc2nc(CN3CC(C)OC(C)C3)cs2)cc1. The number of morpholine rings is 1. The first kappa shape index (κ1) is 22.1. The second kappa shape index (κ2) is 9.56. The molecule has 0 radical (unpaired) electrons. The molecule has 1 aromatic carbocycles. The summed E-state index contributed by atoms with van der Waals surface area (Å²) in [5.74, 6) is -0.0634. The summed E-state index contributed by atoms with van der Waals surface area (Å²) in [4.78, 5) is 25.3. The quantitative estimate of drug-likeness (QED) is 0.584. The number of carbonyl (C=O) groups is 1. The minimum atomic E-state index is -0.0634. The van der Waals surface area contributed by atoms with Crippen LogP contribution in [0.2, 0.25) is 0 Å². The molecule has 0 bridgehead atoms. The molecule has 8 heteroatoms. The number of ether oxygens (including phenoxy) is 1. The Morgan fingerprint density at radius 2 is 1.87 bits per heavy atom. The van der Waals surface area contributed by atoms with Crippen LogP contribution in [0.5, 0.6) is 0 Å². The average Bonchev–Trinajstić information content (AvgIpc) is 3.27. The molecule has 2 atom stereocenters. The topological polar surface area (TPSA) is 67.4 Å². The number of thiazole rings is 2. The molecule has 1 fully saturated rings. The van der Waals surface area contributed by atoms with Crippen LogP contribution in [0.4, 0.5) is 5.13 Å². The average molecular weight is 457 g/mol. The lowest BCUT2D eigenvalue weighted by molar-refractivity contribution is -0.115. The van der Waals surface area contributed by atoms with E-state index < -0.39 is 0 Å². The lowest BCUT2D eigenvalue weighted by atomic mass is 10.1. The Balaban J connectivity index is 1.38. The summed E-state index contributed by atoms with van der Waals surface area (Å²) in [6, 6.07) is 8.26. The van der Waals surface area contributed by atoms with Gasteiger partial charge in [-0.15, -0.1) is 22.7 Å². The molecule has 1 N–H and O–H groups in total.